The third-order valence-corrected chi connectivity index (χ3v) is 7.71. The fourth-order valence-electron chi connectivity index (χ4n) is 5.30. The van der Waals surface area contributed by atoms with Crippen LogP contribution in [0.1, 0.15) is 31.0 Å². The van der Waals surface area contributed by atoms with Crippen LogP contribution in [0.15, 0.2) is 47.7 Å². The van der Waals surface area contributed by atoms with Gasteiger partial charge in [-0.15, -0.1) is 0 Å². The molecule has 0 radical (unpaired) electrons. The Morgan fingerprint density at radius 3 is 2.63 bits per heavy atom. The first-order chi connectivity index (χ1) is 18.5. The van der Waals surface area contributed by atoms with Crippen molar-refractivity contribution in [2.75, 3.05) is 38.7 Å². The lowest BCUT2D eigenvalue weighted by atomic mass is 10.0. The van der Waals surface area contributed by atoms with Crippen molar-refractivity contribution in [3.05, 3.63) is 63.9 Å². The SMILES string of the molecule is Cc1cncc(-c2ccc(-c3cc4cnc(N[C@@H]5CCOC5)nc4n(C4CCN(C)CC4)c3=O)c(Cl)c2)n1. The molecule has 5 heterocycles. The summed E-state index contributed by atoms with van der Waals surface area (Å²) in [4.78, 5) is 34.6. The molecule has 0 amide bonds. The number of hydrogen-bond donors (Lipinski definition) is 1. The van der Waals surface area contributed by atoms with Crippen molar-refractivity contribution in [3.63, 3.8) is 0 Å². The van der Waals surface area contributed by atoms with Gasteiger partial charge in [0.15, 0.2) is 0 Å². The monoisotopic (exact) mass is 531 g/mol. The number of nitrogens with zero attached hydrogens (tertiary/aromatic N) is 6. The predicted octanol–water partition coefficient (Wildman–Crippen LogP) is 4.34. The first-order valence-electron chi connectivity index (χ1n) is 13.0. The molecule has 3 aromatic heterocycles. The Balaban J connectivity index is 1.46. The predicted molar refractivity (Wildman–Crippen MR) is 149 cm³/mol. The third kappa shape index (κ3) is 4.89. The van der Waals surface area contributed by atoms with Crippen LogP contribution in [0.4, 0.5) is 5.95 Å². The first kappa shape index (κ1) is 24.9. The number of piperidine rings is 1. The second kappa shape index (κ2) is 10.4. The van der Waals surface area contributed by atoms with E-state index in [0.717, 1.165) is 61.3 Å². The molecule has 0 unspecified atom stereocenters. The van der Waals surface area contributed by atoms with E-state index >= 15 is 0 Å². The maximum absolute atomic E-state index is 14.1. The average molecular weight is 532 g/mol. The van der Waals surface area contributed by atoms with Crippen LogP contribution in [-0.4, -0.2) is 68.8 Å². The van der Waals surface area contributed by atoms with Crippen molar-refractivity contribution in [1.82, 2.24) is 29.4 Å². The van der Waals surface area contributed by atoms with E-state index in [2.05, 4.69) is 32.2 Å². The van der Waals surface area contributed by atoms with Gasteiger partial charge in [0, 0.05) is 52.1 Å². The molecular weight excluding hydrogens is 502 g/mol. The molecule has 2 aliphatic rings. The summed E-state index contributed by atoms with van der Waals surface area (Å²) in [6, 6.07) is 7.74. The van der Waals surface area contributed by atoms with Crippen LogP contribution in [0.3, 0.4) is 0 Å². The average Bonchev–Trinajstić information content (AvgIpc) is 3.42. The molecule has 4 aromatic rings. The summed E-state index contributed by atoms with van der Waals surface area (Å²) in [6.45, 7) is 5.10. The molecule has 1 N–H and O–H groups in total. The van der Waals surface area contributed by atoms with E-state index in [4.69, 9.17) is 21.3 Å². The topological polar surface area (TPSA) is 98.1 Å². The Labute approximate surface area is 225 Å². The zero-order valence-corrected chi connectivity index (χ0v) is 22.3. The number of rotatable bonds is 5. The van der Waals surface area contributed by atoms with Gasteiger partial charge in [-0.05, 0) is 58.5 Å². The zero-order chi connectivity index (χ0) is 26.2. The number of nitrogens with one attached hydrogen (secondary N) is 1. The van der Waals surface area contributed by atoms with Crippen LogP contribution in [0, 0.1) is 6.92 Å². The summed E-state index contributed by atoms with van der Waals surface area (Å²) in [5, 5.41) is 4.65. The number of pyridine rings is 1. The molecule has 0 saturated carbocycles. The summed E-state index contributed by atoms with van der Waals surface area (Å²) < 4.78 is 7.35. The molecule has 196 valence electrons. The van der Waals surface area contributed by atoms with E-state index in [1.54, 1.807) is 18.6 Å². The number of hydrogen-bond acceptors (Lipinski definition) is 8. The van der Waals surface area contributed by atoms with Gasteiger partial charge in [-0.2, -0.15) is 4.98 Å². The normalized spacial score (nSPS) is 18.8. The van der Waals surface area contributed by atoms with Gasteiger partial charge in [0.1, 0.15) is 5.65 Å². The first-order valence-corrected chi connectivity index (χ1v) is 13.4. The lowest BCUT2D eigenvalue weighted by Crippen LogP contribution is -2.36. The van der Waals surface area contributed by atoms with Crippen LogP contribution >= 0.6 is 11.6 Å². The van der Waals surface area contributed by atoms with Gasteiger partial charge in [0.25, 0.3) is 5.56 Å². The van der Waals surface area contributed by atoms with Crippen LogP contribution in [0.25, 0.3) is 33.4 Å². The highest BCUT2D eigenvalue weighted by atomic mass is 35.5. The molecule has 0 aliphatic carbocycles. The number of fused-ring (bicyclic) bond motifs is 1. The van der Waals surface area contributed by atoms with Gasteiger partial charge < -0.3 is 15.0 Å². The van der Waals surface area contributed by atoms with Crippen molar-refractivity contribution in [2.45, 2.75) is 38.3 Å². The second-order valence-corrected chi connectivity index (χ2v) is 10.6. The molecule has 10 heteroatoms. The molecule has 1 aromatic carbocycles. The molecule has 9 nitrogen and oxygen atoms in total. The Morgan fingerprint density at radius 2 is 1.89 bits per heavy atom. The van der Waals surface area contributed by atoms with Crippen molar-refractivity contribution >= 4 is 28.6 Å². The minimum Gasteiger partial charge on any atom is -0.379 e. The van der Waals surface area contributed by atoms with Gasteiger partial charge in [-0.3, -0.25) is 14.3 Å². The highest BCUT2D eigenvalue weighted by Gasteiger charge is 2.25. The minimum absolute atomic E-state index is 0.0410. The second-order valence-electron chi connectivity index (χ2n) is 10.2. The maximum atomic E-state index is 14.1. The summed E-state index contributed by atoms with van der Waals surface area (Å²) >= 11 is 6.80. The highest BCUT2D eigenvalue weighted by Crippen LogP contribution is 2.33. The van der Waals surface area contributed by atoms with E-state index in [0.29, 0.717) is 34.4 Å². The molecule has 38 heavy (non-hydrogen) atoms. The maximum Gasteiger partial charge on any atom is 0.260 e. The largest absolute Gasteiger partial charge is 0.379 e. The molecule has 2 aliphatic heterocycles. The summed E-state index contributed by atoms with van der Waals surface area (Å²) in [6.07, 6.45) is 7.87. The molecule has 6 rings (SSSR count). The van der Waals surface area contributed by atoms with E-state index in [1.165, 1.54) is 0 Å². The molecule has 0 bridgehead atoms. The zero-order valence-electron chi connectivity index (χ0n) is 21.5. The van der Waals surface area contributed by atoms with E-state index in [9.17, 15) is 4.79 Å². The molecule has 2 saturated heterocycles. The standard InChI is InChI=1S/C28H30ClN7O2/c1-17-13-30-15-25(32-17)18-3-4-22(24(29)12-18)23-11-19-14-31-28(33-20-7-10-38-16-20)34-26(19)36(27(23)37)21-5-8-35(2)9-6-21/h3-4,11-15,20-21H,5-10,16H2,1-2H3,(H,31,33,34)/t20-/m1/s1. The third-order valence-electron chi connectivity index (χ3n) is 7.40. The number of ether oxygens (including phenoxy) is 1. The number of aryl methyl sites for hydroxylation is 1. The van der Waals surface area contributed by atoms with E-state index in [1.807, 2.05) is 35.8 Å². The number of likely N-dealkylation sites (tertiary alicyclic amines) is 1. The van der Waals surface area contributed by atoms with Crippen LogP contribution < -0.4 is 10.9 Å². The van der Waals surface area contributed by atoms with Crippen molar-refractivity contribution < 1.29 is 4.74 Å². The Bertz CT molecular complexity index is 1540. The summed E-state index contributed by atoms with van der Waals surface area (Å²) in [5.74, 6) is 0.517. The van der Waals surface area contributed by atoms with Gasteiger partial charge in [-0.25, -0.2) is 9.97 Å². The minimum atomic E-state index is -0.0918. The van der Waals surface area contributed by atoms with Gasteiger partial charge in [-0.1, -0.05) is 23.7 Å². The smallest absolute Gasteiger partial charge is 0.260 e. The molecule has 0 spiro atoms. The van der Waals surface area contributed by atoms with E-state index in [-0.39, 0.29) is 17.6 Å². The fourth-order valence-corrected chi connectivity index (χ4v) is 5.58. The number of halogens is 1. The number of aromatic nitrogens is 5. The quantitative estimate of drug-likeness (QED) is 0.406. The summed E-state index contributed by atoms with van der Waals surface area (Å²) in [7, 11) is 2.11. The Hall–Kier alpha value is -3.40. The fraction of sp³-hybridized carbons (Fsp3) is 0.393. The van der Waals surface area contributed by atoms with Crippen molar-refractivity contribution in [2.24, 2.45) is 0 Å². The Kier molecular flexibility index (Phi) is 6.82. The lowest BCUT2D eigenvalue weighted by molar-refractivity contribution is 0.195. The number of benzene rings is 1. The van der Waals surface area contributed by atoms with Crippen LogP contribution in [-0.2, 0) is 4.74 Å². The molecule has 1 atom stereocenters. The highest BCUT2D eigenvalue weighted by molar-refractivity contribution is 6.33. The molecule has 2 fully saturated rings. The Morgan fingerprint density at radius 1 is 1.05 bits per heavy atom. The number of anilines is 1. The van der Waals surface area contributed by atoms with Crippen LogP contribution in [0.2, 0.25) is 5.02 Å². The summed E-state index contributed by atoms with van der Waals surface area (Å²) in [5.41, 5.74) is 4.18. The van der Waals surface area contributed by atoms with E-state index < -0.39 is 0 Å². The van der Waals surface area contributed by atoms with Gasteiger partial charge in [0.2, 0.25) is 5.95 Å². The van der Waals surface area contributed by atoms with Crippen LogP contribution in [0.5, 0.6) is 0 Å². The van der Waals surface area contributed by atoms with Crippen molar-refractivity contribution in [1.29, 1.82) is 0 Å². The van der Waals surface area contributed by atoms with Gasteiger partial charge in [0.05, 0.1) is 30.2 Å². The van der Waals surface area contributed by atoms with Gasteiger partial charge >= 0.3 is 0 Å². The molecular formula is C28H30ClN7O2. The lowest BCUT2D eigenvalue weighted by Gasteiger charge is -2.31. The van der Waals surface area contributed by atoms with Crippen molar-refractivity contribution in [3.8, 4) is 22.4 Å².